The molecule has 6 heteroatoms. The molecule has 2 aromatic carbocycles. The van der Waals surface area contributed by atoms with Crippen molar-refractivity contribution in [3.63, 3.8) is 0 Å². The summed E-state index contributed by atoms with van der Waals surface area (Å²) in [6.45, 7) is 0. The van der Waals surface area contributed by atoms with Crippen molar-refractivity contribution in [2.75, 3.05) is 0 Å². The zero-order valence-corrected chi connectivity index (χ0v) is 12.8. The fraction of sp³-hybridized carbons (Fsp3) is 0. The highest BCUT2D eigenvalue weighted by Gasteiger charge is 2.04. The standard InChI is InChI=1S/C16H11Cl2NO3/c17-13-7-1-10(9-14(13)18)2-8-15(20)22-12-5-3-11(4-6-12)16(19)21/h1-9H,(H2,19,21)/b8-2+. The van der Waals surface area contributed by atoms with E-state index in [0.29, 0.717) is 21.4 Å². The number of carbonyl (C=O) groups is 2. The Morgan fingerprint density at radius 3 is 2.27 bits per heavy atom. The molecule has 22 heavy (non-hydrogen) atoms. The lowest BCUT2D eigenvalue weighted by molar-refractivity contribution is -0.128. The molecule has 0 aliphatic rings. The van der Waals surface area contributed by atoms with Crippen LogP contribution in [0.15, 0.2) is 48.5 Å². The number of primary amides is 1. The van der Waals surface area contributed by atoms with Gasteiger partial charge in [0.05, 0.1) is 10.0 Å². The Bertz CT molecular complexity index is 740. The smallest absolute Gasteiger partial charge is 0.336 e. The molecule has 4 nitrogen and oxygen atoms in total. The van der Waals surface area contributed by atoms with Crippen LogP contribution in [0.25, 0.3) is 6.08 Å². The minimum absolute atomic E-state index is 0.314. The second kappa shape index (κ2) is 7.11. The summed E-state index contributed by atoms with van der Waals surface area (Å²) in [6, 6.07) is 10.9. The molecule has 0 heterocycles. The molecule has 1 amide bonds. The zero-order valence-electron chi connectivity index (χ0n) is 11.3. The summed E-state index contributed by atoms with van der Waals surface area (Å²) in [5, 5.41) is 0.843. The first kappa shape index (κ1) is 16.1. The number of hydrogen-bond donors (Lipinski definition) is 1. The number of hydrogen-bond acceptors (Lipinski definition) is 3. The van der Waals surface area contributed by atoms with Gasteiger partial charge >= 0.3 is 5.97 Å². The van der Waals surface area contributed by atoms with Gasteiger partial charge in [-0.3, -0.25) is 4.79 Å². The van der Waals surface area contributed by atoms with Crippen LogP contribution in [0.4, 0.5) is 0 Å². The Morgan fingerprint density at radius 2 is 1.68 bits per heavy atom. The third-order valence-corrected chi connectivity index (χ3v) is 3.45. The third kappa shape index (κ3) is 4.35. The predicted octanol–water partition coefficient (Wildman–Crippen LogP) is 3.71. The van der Waals surface area contributed by atoms with Gasteiger partial charge in [-0.15, -0.1) is 0 Å². The van der Waals surface area contributed by atoms with Crippen molar-refractivity contribution < 1.29 is 14.3 Å². The molecule has 2 aromatic rings. The van der Waals surface area contributed by atoms with E-state index in [1.54, 1.807) is 24.3 Å². The van der Waals surface area contributed by atoms with E-state index >= 15 is 0 Å². The summed E-state index contributed by atoms with van der Waals surface area (Å²) in [5.41, 5.74) is 6.18. The van der Waals surface area contributed by atoms with Crippen LogP contribution in [0, 0.1) is 0 Å². The topological polar surface area (TPSA) is 69.4 Å². The largest absolute Gasteiger partial charge is 0.423 e. The molecule has 0 spiro atoms. The zero-order chi connectivity index (χ0) is 16.1. The number of esters is 1. The number of carbonyl (C=O) groups excluding carboxylic acids is 2. The summed E-state index contributed by atoms with van der Waals surface area (Å²) in [5.74, 6) is -0.788. The van der Waals surface area contributed by atoms with Crippen LogP contribution in [-0.2, 0) is 4.79 Å². The molecule has 0 aromatic heterocycles. The van der Waals surface area contributed by atoms with Gasteiger partial charge in [-0.05, 0) is 48.0 Å². The van der Waals surface area contributed by atoms with Gasteiger partial charge in [-0.2, -0.15) is 0 Å². The van der Waals surface area contributed by atoms with Gasteiger partial charge in [-0.1, -0.05) is 29.3 Å². The summed E-state index contributed by atoms with van der Waals surface area (Å²) in [6.07, 6.45) is 2.82. The highest BCUT2D eigenvalue weighted by molar-refractivity contribution is 6.42. The average Bonchev–Trinajstić information content (AvgIpc) is 2.49. The third-order valence-electron chi connectivity index (χ3n) is 2.71. The maximum absolute atomic E-state index is 11.7. The molecule has 0 saturated heterocycles. The quantitative estimate of drug-likeness (QED) is 0.526. The van der Waals surface area contributed by atoms with Gasteiger partial charge in [-0.25, -0.2) is 4.79 Å². The Labute approximate surface area is 137 Å². The predicted molar refractivity (Wildman–Crippen MR) is 86.1 cm³/mol. The van der Waals surface area contributed by atoms with E-state index in [1.165, 1.54) is 30.3 Å². The summed E-state index contributed by atoms with van der Waals surface area (Å²) in [4.78, 5) is 22.6. The van der Waals surface area contributed by atoms with Crippen LogP contribution >= 0.6 is 23.2 Å². The first-order valence-electron chi connectivity index (χ1n) is 6.20. The monoisotopic (exact) mass is 335 g/mol. The number of amides is 1. The van der Waals surface area contributed by atoms with Gasteiger partial charge in [0.15, 0.2) is 0 Å². The van der Waals surface area contributed by atoms with Gasteiger partial charge in [0, 0.05) is 11.6 Å². The molecule has 0 fully saturated rings. The number of halogens is 2. The lowest BCUT2D eigenvalue weighted by atomic mass is 10.2. The summed E-state index contributed by atoms with van der Waals surface area (Å²) < 4.78 is 5.09. The van der Waals surface area contributed by atoms with Crippen LogP contribution in [0.3, 0.4) is 0 Å². The molecule has 0 unspecified atom stereocenters. The molecule has 0 aliphatic carbocycles. The molecule has 0 radical (unpaired) electrons. The minimum Gasteiger partial charge on any atom is -0.423 e. The molecule has 2 rings (SSSR count). The molecular weight excluding hydrogens is 325 g/mol. The molecular formula is C16H11Cl2NO3. The van der Waals surface area contributed by atoms with Crippen LogP contribution in [-0.4, -0.2) is 11.9 Å². The van der Waals surface area contributed by atoms with Crippen molar-refractivity contribution in [3.05, 3.63) is 69.7 Å². The van der Waals surface area contributed by atoms with E-state index in [9.17, 15) is 9.59 Å². The maximum atomic E-state index is 11.7. The van der Waals surface area contributed by atoms with E-state index in [4.69, 9.17) is 33.7 Å². The van der Waals surface area contributed by atoms with Crippen LogP contribution in [0.1, 0.15) is 15.9 Å². The number of ether oxygens (including phenoxy) is 1. The summed E-state index contributed by atoms with van der Waals surface area (Å²) >= 11 is 11.7. The van der Waals surface area contributed by atoms with Crippen molar-refractivity contribution in [3.8, 4) is 5.75 Å². The fourth-order valence-corrected chi connectivity index (χ4v) is 1.92. The van der Waals surface area contributed by atoms with Crippen LogP contribution < -0.4 is 10.5 Å². The number of rotatable bonds is 4. The van der Waals surface area contributed by atoms with Crippen molar-refractivity contribution in [1.29, 1.82) is 0 Å². The first-order chi connectivity index (χ1) is 10.5. The molecule has 0 aliphatic heterocycles. The van der Waals surface area contributed by atoms with Crippen molar-refractivity contribution in [2.24, 2.45) is 5.73 Å². The second-order valence-electron chi connectivity index (χ2n) is 4.32. The lowest BCUT2D eigenvalue weighted by Gasteiger charge is -2.02. The molecule has 0 saturated carbocycles. The fourth-order valence-electron chi connectivity index (χ4n) is 1.62. The van der Waals surface area contributed by atoms with E-state index in [1.807, 2.05) is 0 Å². The number of benzene rings is 2. The van der Waals surface area contributed by atoms with Gasteiger partial charge in [0.1, 0.15) is 5.75 Å². The van der Waals surface area contributed by atoms with Gasteiger partial charge < -0.3 is 10.5 Å². The van der Waals surface area contributed by atoms with Gasteiger partial charge in [0.25, 0.3) is 0 Å². The molecule has 112 valence electrons. The lowest BCUT2D eigenvalue weighted by Crippen LogP contribution is -2.10. The average molecular weight is 336 g/mol. The van der Waals surface area contributed by atoms with Crippen molar-refractivity contribution in [1.82, 2.24) is 0 Å². The van der Waals surface area contributed by atoms with Gasteiger partial charge in [0.2, 0.25) is 5.91 Å². The Balaban J connectivity index is 2.01. The Kier molecular flexibility index (Phi) is 5.20. The normalized spacial score (nSPS) is 10.6. The Hall–Kier alpha value is -2.30. The van der Waals surface area contributed by atoms with Crippen molar-refractivity contribution in [2.45, 2.75) is 0 Å². The number of nitrogens with two attached hydrogens (primary N) is 1. The SMILES string of the molecule is NC(=O)c1ccc(OC(=O)/C=C/c2ccc(Cl)c(Cl)c2)cc1. The van der Waals surface area contributed by atoms with E-state index < -0.39 is 11.9 Å². The molecule has 2 N–H and O–H groups in total. The van der Waals surface area contributed by atoms with Crippen LogP contribution in [0.2, 0.25) is 10.0 Å². The molecule has 0 atom stereocenters. The van der Waals surface area contributed by atoms with Crippen molar-refractivity contribution >= 4 is 41.2 Å². The molecule has 0 bridgehead atoms. The van der Waals surface area contributed by atoms with Crippen LogP contribution in [0.5, 0.6) is 5.75 Å². The second-order valence-corrected chi connectivity index (χ2v) is 5.13. The maximum Gasteiger partial charge on any atom is 0.336 e. The first-order valence-corrected chi connectivity index (χ1v) is 6.96. The van der Waals surface area contributed by atoms with E-state index in [2.05, 4.69) is 0 Å². The van der Waals surface area contributed by atoms with E-state index in [-0.39, 0.29) is 0 Å². The van der Waals surface area contributed by atoms with E-state index in [0.717, 1.165) is 5.56 Å². The minimum atomic E-state index is -0.558. The summed E-state index contributed by atoms with van der Waals surface area (Å²) in [7, 11) is 0. The highest BCUT2D eigenvalue weighted by Crippen LogP contribution is 2.23. The highest BCUT2D eigenvalue weighted by atomic mass is 35.5. The Morgan fingerprint density at radius 1 is 1.00 bits per heavy atom.